The summed E-state index contributed by atoms with van der Waals surface area (Å²) in [6.07, 6.45) is 0.265. The molecule has 1 atom stereocenters. The van der Waals surface area contributed by atoms with Crippen molar-refractivity contribution in [2.45, 2.75) is 18.9 Å². The smallest absolute Gasteiger partial charge is 0.338 e. The number of nitrogens with zero attached hydrogens (tertiary/aromatic N) is 1. The average Bonchev–Trinajstić information content (AvgIpc) is 3.15. The number of fused-ring (bicyclic) bond motifs is 1. The number of benzene rings is 4. The Kier molecular flexibility index (Phi) is 7.96. The fourth-order valence-corrected chi connectivity index (χ4v) is 5.13. The molecule has 0 saturated carbocycles. The van der Waals surface area contributed by atoms with E-state index in [9.17, 15) is 19.5 Å². The minimum atomic E-state index is -0.761. The van der Waals surface area contributed by atoms with Gasteiger partial charge in [0.2, 0.25) is 0 Å². The maximum atomic E-state index is 13.8. The Balaban J connectivity index is 1.48. The highest BCUT2D eigenvalue weighted by Crippen LogP contribution is 2.36. The summed E-state index contributed by atoms with van der Waals surface area (Å²) >= 11 is 6.16. The summed E-state index contributed by atoms with van der Waals surface area (Å²) in [5.74, 6) is -1.50. The second-order valence-electron chi connectivity index (χ2n) is 9.44. The second-order valence-corrected chi connectivity index (χ2v) is 9.87. The molecular formula is C32H27ClN2O5. The van der Waals surface area contributed by atoms with E-state index < -0.39 is 18.0 Å². The van der Waals surface area contributed by atoms with Crippen LogP contribution in [0, 0.1) is 0 Å². The molecule has 1 unspecified atom stereocenters. The van der Waals surface area contributed by atoms with Gasteiger partial charge < -0.3 is 20.1 Å². The molecule has 0 fully saturated rings. The van der Waals surface area contributed by atoms with Gasteiger partial charge in [-0.05, 0) is 66.4 Å². The molecule has 4 aromatic rings. The summed E-state index contributed by atoms with van der Waals surface area (Å²) in [4.78, 5) is 41.5. The molecule has 1 aliphatic heterocycles. The molecule has 0 saturated heterocycles. The molecule has 5 rings (SSSR count). The monoisotopic (exact) mass is 554 g/mol. The van der Waals surface area contributed by atoms with Crippen LogP contribution >= 0.6 is 11.6 Å². The number of aliphatic hydroxyl groups excluding tert-OH is 1. The largest absolute Gasteiger partial charge is 0.465 e. The van der Waals surface area contributed by atoms with E-state index in [2.05, 4.69) is 5.32 Å². The lowest BCUT2D eigenvalue weighted by Crippen LogP contribution is -2.33. The molecule has 4 aromatic carbocycles. The van der Waals surface area contributed by atoms with Gasteiger partial charge in [0.05, 0.1) is 24.3 Å². The minimum absolute atomic E-state index is 0.0157. The second kappa shape index (κ2) is 11.7. The van der Waals surface area contributed by atoms with Crippen molar-refractivity contribution in [1.29, 1.82) is 0 Å². The van der Waals surface area contributed by atoms with Crippen LogP contribution in [-0.4, -0.2) is 36.5 Å². The lowest BCUT2D eigenvalue weighted by Gasteiger charge is -2.24. The van der Waals surface area contributed by atoms with E-state index >= 15 is 0 Å². The zero-order valence-corrected chi connectivity index (χ0v) is 22.5. The Bertz CT molecular complexity index is 1590. The van der Waals surface area contributed by atoms with Gasteiger partial charge in [0.15, 0.2) is 0 Å². The van der Waals surface area contributed by atoms with E-state index in [1.54, 1.807) is 36.4 Å². The van der Waals surface area contributed by atoms with Crippen LogP contribution in [0.4, 0.5) is 11.4 Å². The molecule has 7 nitrogen and oxygen atoms in total. The van der Waals surface area contributed by atoms with Gasteiger partial charge in [-0.3, -0.25) is 9.59 Å². The molecule has 0 aliphatic carbocycles. The SMILES string of the molecule is COC(=O)c1cc(NC(=O)c2ccccc2-c2ccccc2)ccc1C(=O)N1CCCC(O)c2cc(Cl)ccc21. The number of hydrogen-bond donors (Lipinski definition) is 2. The maximum absolute atomic E-state index is 13.8. The number of rotatable bonds is 5. The topological polar surface area (TPSA) is 95.9 Å². The molecule has 2 amide bonds. The lowest BCUT2D eigenvalue weighted by molar-refractivity contribution is 0.0596. The normalized spacial score (nSPS) is 14.6. The molecule has 0 radical (unpaired) electrons. The summed E-state index contributed by atoms with van der Waals surface area (Å²) in [6, 6.07) is 26.3. The Morgan fingerprint density at radius 1 is 0.900 bits per heavy atom. The first-order valence-corrected chi connectivity index (χ1v) is 13.2. The first kappa shape index (κ1) is 27.1. The highest BCUT2D eigenvalue weighted by Gasteiger charge is 2.29. The number of halogens is 1. The average molecular weight is 555 g/mol. The molecule has 2 N–H and O–H groups in total. The van der Waals surface area contributed by atoms with Gasteiger partial charge in [0.1, 0.15) is 0 Å². The molecule has 0 bridgehead atoms. The highest BCUT2D eigenvalue weighted by molar-refractivity contribution is 6.30. The zero-order chi connectivity index (χ0) is 28.2. The van der Waals surface area contributed by atoms with E-state index in [-0.39, 0.29) is 17.0 Å². The highest BCUT2D eigenvalue weighted by atomic mass is 35.5. The lowest BCUT2D eigenvalue weighted by atomic mass is 9.99. The Morgan fingerprint density at radius 2 is 1.65 bits per heavy atom. The Hall–Kier alpha value is -4.46. The fourth-order valence-electron chi connectivity index (χ4n) is 4.95. The van der Waals surface area contributed by atoms with Gasteiger partial charge in [-0.1, -0.05) is 60.1 Å². The molecule has 8 heteroatoms. The van der Waals surface area contributed by atoms with Gasteiger partial charge in [-0.15, -0.1) is 0 Å². The quantitative estimate of drug-likeness (QED) is 0.274. The van der Waals surface area contributed by atoms with Crippen LogP contribution < -0.4 is 10.2 Å². The predicted octanol–water partition coefficient (Wildman–Crippen LogP) is 6.52. The van der Waals surface area contributed by atoms with Gasteiger partial charge in [-0.2, -0.15) is 0 Å². The number of anilines is 2. The number of carbonyl (C=O) groups excluding carboxylic acids is 3. The summed E-state index contributed by atoms with van der Waals surface area (Å²) in [5.41, 5.74) is 3.68. The van der Waals surface area contributed by atoms with Gasteiger partial charge >= 0.3 is 5.97 Å². The first-order valence-electron chi connectivity index (χ1n) is 12.8. The fraction of sp³-hybridized carbons (Fsp3) is 0.156. The number of carbonyl (C=O) groups is 3. The number of aliphatic hydroxyl groups is 1. The van der Waals surface area contributed by atoms with E-state index in [0.717, 1.165) is 11.1 Å². The van der Waals surface area contributed by atoms with Crippen LogP contribution in [0.25, 0.3) is 11.1 Å². The van der Waals surface area contributed by atoms with Crippen molar-refractivity contribution in [3.63, 3.8) is 0 Å². The third-order valence-electron chi connectivity index (χ3n) is 6.91. The Morgan fingerprint density at radius 3 is 2.42 bits per heavy atom. The van der Waals surface area contributed by atoms with Crippen molar-refractivity contribution < 1.29 is 24.2 Å². The zero-order valence-electron chi connectivity index (χ0n) is 21.8. The third-order valence-corrected chi connectivity index (χ3v) is 7.15. The molecule has 1 aliphatic rings. The van der Waals surface area contributed by atoms with Crippen LogP contribution in [0.2, 0.25) is 5.02 Å². The first-order chi connectivity index (χ1) is 19.4. The van der Waals surface area contributed by atoms with Crippen molar-refractivity contribution in [2.75, 3.05) is 23.9 Å². The number of nitrogens with one attached hydrogen (secondary N) is 1. The van der Waals surface area contributed by atoms with Gasteiger partial charge in [0.25, 0.3) is 11.8 Å². The van der Waals surface area contributed by atoms with Crippen molar-refractivity contribution in [2.24, 2.45) is 0 Å². The van der Waals surface area contributed by atoms with Crippen LogP contribution in [0.3, 0.4) is 0 Å². The number of ether oxygens (including phenoxy) is 1. The van der Waals surface area contributed by atoms with E-state index in [0.29, 0.717) is 46.9 Å². The van der Waals surface area contributed by atoms with E-state index in [1.807, 2.05) is 42.5 Å². The van der Waals surface area contributed by atoms with Crippen molar-refractivity contribution >= 4 is 40.8 Å². The summed E-state index contributed by atoms with van der Waals surface area (Å²) in [6.45, 7) is 0.347. The molecular weight excluding hydrogens is 528 g/mol. The van der Waals surface area contributed by atoms with Crippen LogP contribution in [0.15, 0.2) is 91.0 Å². The molecule has 0 spiro atoms. The summed E-state index contributed by atoms with van der Waals surface area (Å²) < 4.78 is 4.98. The van der Waals surface area contributed by atoms with Crippen molar-refractivity contribution in [3.05, 3.63) is 118 Å². The maximum Gasteiger partial charge on any atom is 0.338 e. The van der Waals surface area contributed by atoms with Crippen molar-refractivity contribution in [3.8, 4) is 11.1 Å². The van der Waals surface area contributed by atoms with Gasteiger partial charge in [0, 0.05) is 34.1 Å². The predicted molar refractivity (Wildman–Crippen MR) is 155 cm³/mol. The number of amides is 2. The van der Waals surface area contributed by atoms with Crippen LogP contribution in [0.1, 0.15) is 55.6 Å². The number of hydrogen-bond acceptors (Lipinski definition) is 5. The van der Waals surface area contributed by atoms with Gasteiger partial charge in [-0.25, -0.2) is 4.79 Å². The molecule has 202 valence electrons. The Labute approximate surface area is 237 Å². The summed E-state index contributed by atoms with van der Waals surface area (Å²) in [5, 5.41) is 13.9. The van der Waals surface area contributed by atoms with E-state index in [4.69, 9.17) is 16.3 Å². The van der Waals surface area contributed by atoms with Crippen LogP contribution in [0.5, 0.6) is 0 Å². The molecule has 1 heterocycles. The van der Waals surface area contributed by atoms with Crippen molar-refractivity contribution in [1.82, 2.24) is 0 Å². The molecule has 40 heavy (non-hydrogen) atoms. The summed E-state index contributed by atoms with van der Waals surface area (Å²) in [7, 11) is 1.23. The minimum Gasteiger partial charge on any atom is -0.465 e. The van der Waals surface area contributed by atoms with Crippen LogP contribution in [-0.2, 0) is 4.74 Å². The third kappa shape index (κ3) is 5.47. The standard InChI is InChI=1S/C32H27ClN2O5/c1-40-32(39)26-19-22(34-30(37)24-11-6-5-10-23(24)20-8-3-2-4-9-20)14-15-25(26)31(38)35-17-7-12-29(36)27-18-21(33)13-16-28(27)35/h2-6,8-11,13-16,18-19,29,36H,7,12,17H2,1H3,(H,34,37). The molecule has 0 aromatic heterocycles. The van der Waals surface area contributed by atoms with E-state index in [1.165, 1.54) is 24.1 Å². The number of methoxy groups -OCH3 is 1. The number of esters is 1.